The van der Waals surface area contributed by atoms with E-state index in [1.807, 2.05) is 0 Å². The molecule has 0 aromatic rings. The SMILES string of the molecule is CCCCCCCCCCCCCCC(=O)OC[C@@H](COC(=O)CCCCCCCCCCCCC)OC(=O)CCCCCCCCC. The van der Waals surface area contributed by atoms with Gasteiger partial charge in [0.1, 0.15) is 13.2 Å². The van der Waals surface area contributed by atoms with Crippen LogP contribution < -0.4 is 0 Å². The molecule has 0 aromatic carbocycles. The summed E-state index contributed by atoms with van der Waals surface area (Å²) < 4.78 is 16.6. The van der Waals surface area contributed by atoms with E-state index in [1.165, 1.54) is 135 Å². The van der Waals surface area contributed by atoms with Crippen molar-refractivity contribution in [1.29, 1.82) is 0 Å². The maximum atomic E-state index is 12.6. The summed E-state index contributed by atoms with van der Waals surface area (Å²) in [5, 5.41) is 0. The molecule has 0 aliphatic heterocycles. The predicted molar refractivity (Wildman–Crippen MR) is 201 cm³/mol. The first-order valence-electron chi connectivity index (χ1n) is 21.0. The highest BCUT2D eigenvalue weighted by Gasteiger charge is 2.19. The van der Waals surface area contributed by atoms with Crippen molar-refractivity contribution in [1.82, 2.24) is 0 Å². The monoisotopic (exact) mass is 681 g/mol. The van der Waals surface area contributed by atoms with Gasteiger partial charge in [-0.2, -0.15) is 0 Å². The van der Waals surface area contributed by atoms with E-state index in [0.717, 1.165) is 57.8 Å². The molecule has 0 spiro atoms. The first-order chi connectivity index (χ1) is 23.5. The number of hydrogen-bond donors (Lipinski definition) is 0. The first kappa shape index (κ1) is 46.4. The van der Waals surface area contributed by atoms with E-state index >= 15 is 0 Å². The van der Waals surface area contributed by atoms with E-state index in [-0.39, 0.29) is 31.1 Å². The van der Waals surface area contributed by atoms with Crippen molar-refractivity contribution in [3.05, 3.63) is 0 Å². The molecular weight excluding hydrogens is 600 g/mol. The smallest absolute Gasteiger partial charge is 0.306 e. The fraction of sp³-hybridized carbons (Fsp3) is 0.929. The van der Waals surface area contributed by atoms with Gasteiger partial charge in [0.25, 0.3) is 0 Å². The van der Waals surface area contributed by atoms with Crippen LogP contribution in [0.5, 0.6) is 0 Å². The molecule has 6 nitrogen and oxygen atoms in total. The van der Waals surface area contributed by atoms with Crippen molar-refractivity contribution >= 4 is 17.9 Å². The van der Waals surface area contributed by atoms with Crippen LogP contribution in [0.25, 0.3) is 0 Å². The van der Waals surface area contributed by atoms with E-state index in [9.17, 15) is 14.4 Å². The van der Waals surface area contributed by atoms with E-state index in [0.29, 0.717) is 19.3 Å². The number of rotatable bonds is 38. The van der Waals surface area contributed by atoms with Crippen LogP contribution in [0.1, 0.15) is 233 Å². The van der Waals surface area contributed by atoms with Gasteiger partial charge in [-0.3, -0.25) is 14.4 Å². The minimum absolute atomic E-state index is 0.0639. The van der Waals surface area contributed by atoms with Gasteiger partial charge in [0.05, 0.1) is 0 Å². The maximum absolute atomic E-state index is 12.6. The Morgan fingerprint density at radius 3 is 0.833 bits per heavy atom. The minimum atomic E-state index is -0.755. The van der Waals surface area contributed by atoms with Gasteiger partial charge in [-0.1, -0.05) is 194 Å². The normalized spacial score (nSPS) is 11.8. The lowest BCUT2D eigenvalue weighted by Gasteiger charge is -2.18. The molecule has 0 aliphatic rings. The van der Waals surface area contributed by atoms with E-state index in [2.05, 4.69) is 20.8 Å². The van der Waals surface area contributed by atoms with Gasteiger partial charge in [0.15, 0.2) is 6.10 Å². The molecule has 0 heterocycles. The van der Waals surface area contributed by atoms with Crippen molar-refractivity contribution in [3.63, 3.8) is 0 Å². The molecular formula is C42H80O6. The maximum Gasteiger partial charge on any atom is 0.306 e. The summed E-state index contributed by atoms with van der Waals surface area (Å²) >= 11 is 0. The summed E-state index contributed by atoms with van der Waals surface area (Å²) in [6.07, 6.45) is 36.6. The first-order valence-corrected chi connectivity index (χ1v) is 21.0. The molecule has 0 bridgehead atoms. The van der Waals surface area contributed by atoms with Crippen molar-refractivity contribution in [2.75, 3.05) is 13.2 Å². The molecule has 0 aliphatic carbocycles. The Morgan fingerprint density at radius 2 is 0.562 bits per heavy atom. The van der Waals surface area contributed by atoms with Crippen molar-refractivity contribution in [2.45, 2.75) is 239 Å². The van der Waals surface area contributed by atoms with E-state index in [1.54, 1.807) is 0 Å². The van der Waals surface area contributed by atoms with E-state index < -0.39 is 6.10 Å². The highest BCUT2D eigenvalue weighted by molar-refractivity contribution is 5.71. The molecule has 0 amide bonds. The Kier molecular flexibility index (Phi) is 36.9. The number of unbranched alkanes of at least 4 members (excludes halogenated alkanes) is 27. The van der Waals surface area contributed by atoms with E-state index in [4.69, 9.17) is 14.2 Å². The highest BCUT2D eigenvalue weighted by atomic mass is 16.6. The summed E-state index contributed by atoms with van der Waals surface area (Å²) in [4.78, 5) is 37.4. The third kappa shape index (κ3) is 35.7. The van der Waals surface area contributed by atoms with Gasteiger partial charge < -0.3 is 14.2 Å². The predicted octanol–water partition coefficient (Wildman–Crippen LogP) is 12.9. The summed E-state index contributed by atoms with van der Waals surface area (Å²) in [5.41, 5.74) is 0. The lowest BCUT2D eigenvalue weighted by atomic mass is 10.0. The van der Waals surface area contributed by atoms with Crippen molar-refractivity contribution < 1.29 is 28.6 Å². The van der Waals surface area contributed by atoms with Gasteiger partial charge in [0.2, 0.25) is 0 Å². The zero-order valence-electron chi connectivity index (χ0n) is 32.3. The zero-order valence-corrected chi connectivity index (χ0v) is 32.3. The lowest BCUT2D eigenvalue weighted by Crippen LogP contribution is -2.30. The molecule has 0 saturated carbocycles. The molecule has 1 atom stereocenters. The Balaban J connectivity index is 4.27. The topological polar surface area (TPSA) is 78.9 Å². The van der Waals surface area contributed by atoms with Crippen LogP contribution in [0.2, 0.25) is 0 Å². The molecule has 0 radical (unpaired) electrons. The second-order valence-electron chi connectivity index (χ2n) is 14.3. The molecule has 0 unspecified atom stereocenters. The molecule has 284 valence electrons. The van der Waals surface area contributed by atoms with Crippen LogP contribution >= 0.6 is 0 Å². The summed E-state index contributed by atoms with van der Waals surface area (Å²) in [6, 6.07) is 0. The standard InChI is InChI=1S/C42H80O6/c1-4-7-10-13-16-18-20-22-24-27-29-32-35-41(44)47-38-39(48-42(45)36-33-30-25-15-12-9-6-3)37-46-40(43)34-31-28-26-23-21-19-17-14-11-8-5-2/h39H,4-38H2,1-3H3/t39-/m1/s1. The number of esters is 3. The fourth-order valence-electron chi connectivity index (χ4n) is 6.15. The third-order valence-electron chi connectivity index (χ3n) is 9.36. The average molecular weight is 681 g/mol. The summed E-state index contributed by atoms with van der Waals surface area (Å²) in [6.45, 7) is 6.59. The third-order valence-corrected chi connectivity index (χ3v) is 9.36. The summed E-state index contributed by atoms with van der Waals surface area (Å²) in [5.74, 6) is -0.864. The summed E-state index contributed by atoms with van der Waals surface area (Å²) in [7, 11) is 0. The lowest BCUT2D eigenvalue weighted by molar-refractivity contribution is -0.167. The van der Waals surface area contributed by atoms with Gasteiger partial charge in [-0.15, -0.1) is 0 Å². The quantitative estimate of drug-likeness (QED) is 0.0367. The van der Waals surface area contributed by atoms with Crippen LogP contribution in [0.15, 0.2) is 0 Å². The van der Waals surface area contributed by atoms with Crippen LogP contribution in [0, 0.1) is 0 Å². The molecule has 0 aromatic heterocycles. The molecule has 0 rings (SSSR count). The minimum Gasteiger partial charge on any atom is -0.462 e. The van der Waals surface area contributed by atoms with Gasteiger partial charge >= 0.3 is 17.9 Å². The number of hydrogen-bond acceptors (Lipinski definition) is 6. The van der Waals surface area contributed by atoms with Crippen molar-refractivity contribution in [2.24, 2.45) is 0 Å². The second kappa shape index (κ2) is 38.2. The fourth-order valence-corrected chi connectivity index (χ4v) is 6.15. The second-order valence-corrected chi connectivity index (χ2v) is 14.3. The molecule has 0 fully saturated rings. The van der Waals surface area contributed by atoms with Crippen LogP contribution in [-0.4, -0.2) is 37.2 Å². The van der Waals surface area contributed by atoms with Gasteiger partial charge in [-0.25, -0.2) is 0 Å². The number of ether oxygens (including phenoxy) is 3. The number of carbonyl (C=O) groups excluding carboxylic acids is 3. The molecule has 0 saturated heterocycles. The number of carbonyl (C=O) groups is 3. The highest BCUT2D eigenvalue weighted by Crippen LogP contribution is 2.15. The average Bonchev–Trinajstić information content (AvgIpc) is 3.08. The van der Waals surface area contributed by atoms with Gasteiger partial charge in [-0.05, 0) is 19.3 Å². The molecule has 48 heavy (non-hydrogen) atoms. The van der Waals surface area contributed by atoms with Crippen LogP contribution in [-0.2, 0) is 28.6 Å². The largest absolute Gasteiger partial charge is 0.462 e. The molecule has 0 N–H and O–H groups in total. The zero-order chi connectivity index (χ0) is 35.2. The van der Waals surface area contributed by atoms with Crippen LogP contribution in [0.4, 0.5) is 0 Å². The Bertz CT molecular complexity index is 708. The van der Waals surface area contributed by atoms with Crippen molar-refractivity contribution in [3.8, 4) is 0 Å². The Morgan fingerprint density at radius 1 is 0.333 bits per heavy atom. The molecule has 6 heteroatoms. The van der Waals surface area contributed by atoms with Crippen LogP contribution in [0.3, 0.4) is 0 Å². The Hall–Kier alpha value is -1.59. The van der Waals surface area contributed by atoms with Gasteiger partial charge in [0, 0.05) is 19.3 Å². The Labute approximate surface area is 298 Å².